The van der Waals surface area contributed by atoms with Crippen LogP contribution in [-0.4, -0.2) is 9.78 Å². The molecule has 0 radical (unpaired) electrons. The molecule has 13 heavy (non-hydrogen) atoms. The van der Waals surface area contributed by atoms with E-state index in [0.29, 0.717) is 0 Å². The molecule has 0 atom stereocenters. The molecule has 0 fully saturated rings. The van der Waals surface area contributed by atoms with Gasteiger partial charge in [-0.15, -0.1) is 0 Å². The number of nitrogens with zero attached hydrogens (tertiary/aromatic N) is 2. The van der Waals surface area contributed by atoms with Gasteiger partial charge in [-0.2, -0.15) is 5.10 Å². The van der Waals surface area contributed by atoms with Crippen molar-refractivity contribution in [1.82, 2.24) is 9.78 Å². The smallest absolute Gasteiger partial charge is 0.0928 e. The van der Waals surface area contributed by atoms with Crippen molar-refractivity contribution in [2.24, 2.45) is 7.05 Å². The first-order valence-corrected chi connectivity index (χ1v) is 4.63. The first-order chi connectivity index (χ1) is 6.20. The number of benzene rings is 1. The number of fused-ring (bicyclic) bond motifs is 1. The minimum Gasteiger partial charge on any atom is -0.275 e. The van der Waals surface area contributed by atoms with Gasteiger partial charge in [0.2, 0.25) is 0 Å². The lowest BCUT2D eigenvalue weighted by Gasteiger charge is -1.99. The summed E-state index contributed by atoms with van der Waals surface area (Å²) in [6.07, 6.45) is 3.15. The molecule has 2 nitrogen and oxygen atoms in total. The second-order valence-electron chi connectivity index (χ2n) is 3.50. The molecule has 0 aliphatic heterocycles. The van der Waals surface area contributed by atoms with Gasteiger partial charge in [0.15, 0.2) is 0 Å². The number of rotatable bonds is 1. The fraction of sp³-hybridized carbons (Fsp3) is 0.364. The van der Waals surface area contributed by atoms with E-state index in [0.717, 1.165) is 11.9 Å². The average molecular weight is 174 g/mol. The molecule has 0 aliphatic carbocycles. The summed E-state index contributed by atoms with van der Waals surface area (Å²) in [7, 11) is 1.96. The molecule has 1 heterocycles. The predicted octanol–water partition coefficient (Wildman–Crippen LogP) is 2.44. The Morgan fingerprint density at radius 1 is 1.38 bits per heavy atom. The molecule has 0 amide bonds. The Kier molecular flexibility index (Phi) is 1.83. The molecular weight excluding hydrogens is 160 g/mol. The third kappa shape index (κ3) is 1.32. The predicted molar refractivity (Wildman–Crippen MR) is 54.8 cm³/mol. The molecule has 0 bridgehead atoms. The highest BCUT2D eigenvalue weighted by molar-refractivity contribution is 5.82. The summed E-state index contributed by atoms with van der Waals surface area (Å²) in [5.74, 6) is 0. The maximum absolute atomic E-state index is 4.40. The number of aryl methyl sites for hydroxylation is 3. The molecule has 68 valence electrons. The van der Waals surface area contributed by atoms with E-state index in [-0.39, 0.29) is 0 Å². The lowest BCUT2D eigenvalue weighted by atomic mass is 10.1. The number of aromatic nitrogens is 2. The standard InChI is InChI=1S/C11H14N2/c1-4-9-5-8(2)10-7-13(3)12-11(10)6-9/h5-7H,4H2,1-3H3. The quantitative estimate of drug-likeness (QED) is 0.649. The molecule has 1 aromatic heterocycles. The molecule has 0 saturated heterocycles. The monoisotopic (exact) mass is 174 g/mol. The SMILES string of the molecule is CCc1cc(C)c2cn(C)nc2c1. The van der Waals surface area contributed by atoms with Gasteiger partial charge in [-0.05, 0) is 30.5 Å². The van der Waals surface area contributed by atoms with Crippen LogP contribution in [0.15, 0.2) is 18.3 Å². The summed E-state index contributed by atoms with van der Waals surface area (Å²) in [5, 5.41) is 5.66. The van der Waals surface area contributed by atoms with Crippen LogP contribution >= 0.6 is 0 Å². The lowest BCUT2D eigenvalue weighted by Crippen LogP contribution is -1.85. The van der Waals surface area contributed by atoms with Gasteiger partial charge in [0, 0.05) is 18.6 Å². The van der Waals surface area contributed by atoms with Crippen molar-refractivity contribution in [2.75, 3.05) is 0 Å². The molecule has 2 heteroatoms. The van der Waals surface area contributed by atoms with Crippen LogP contribution in [0.25, 0.3) is 10.9 Å². The highest BCUT2D eigenvalue weighted by atomic mass is 15.2. The van der Waals surface area contributed by atoms with E-state index in [1.54, 1.807) is 0 Å². The minimum atomic E-state index is 1.08. The maximum Gasteiger partial charge on any atom is 0.0928 e. The van der Waals surface area contributed by atoms with Gasteiger partial charge >= 0.3 is 0 Å². The number of hydrogen-bond acceptors (Lipinski definition) is 1. The highest BCUT2D eigenvalue weighted by Crippen LogP contribution is 2.19. The molecule has 0 unspecified atom stereocenters. The first-order valence-electron chi connectivity index (χ1n) is 4.63. The Morgan fingerprint density at radius 3 is 2.85 bits per heavy atom. The van der Waals surface area contributed by atoms with Crippen molar-refractivity contribution in [3.8, 4) is 0 Å². The van der Waals surface area contributed by atoms with E-state index >= 15 is 0 Å². The summed E-state index contributed by atoms with van der Waals surface area (Å²) in [6.45, 7) is 4.31. The van der Waals surface area contributed by atoms with Crippen LogP contribution in [0.5, 0.6) is 0 Å². The zero-order valence-electron chi connectivity index (χ0n) is 8.33. The van der Waals surface area contributed by atoms with Crippen LogP contribution in [0.2, 0.25) is 0 Å². The Labute approximate surface area is 78.2 Å². The van der Waals surface area contributed by atoms with E-state index in [9.17, 15) is 0 Å². The van der Waals surface area contributed by atoms with Gasteiger partial charge in [-0.3, -0.25) is 4.68 Å². The Bertz CT molecular complexity index is 441. The molecule has 0 aliphatic rings. The fourth-order valence-electron chi connectivity index (χ4n) is 1.69. The molecule has 0 saturated carbocycles. The topological polar surface area (TPSA) is 17.8 Å². The Hall–Kier alpha value is -1.31. The Morgan fingerprint density at radius 2 is 2.15 bits per heavy atom. The average Bonchev–Trinajstić information content (AvgIpc) is 2.46. The maximum atomic E-state index is 4.40. The van der Waals surface area contributed by atoms with Crippen molar-refractivity contribution in [3.63, 3.8) is 0 Å². The molecule has 0 N–H and O–H groups in total. The molecule has 0 spiro atoms. The van der Waals surface area contributed by atoms with E-state index in [2.05, 4.69) is 37.3 Å². The molecular formula is C11H14N2. The van der Waals surface area contributed by atoms with Crippen molar-refractivity contribution in [2.45, 2.75) is 20.3 Å². The van der Waals surface area contributed by atoms with Crippen LogP contribution in [0.4, 0.5) is 0 Å². The second-order valence-corrected chi connectivity index (χ2v) is 3.50. The second kappa shape index (κ2) is 2.87. The zero-order chi connectivity index (χ0) is 9.42. The van der Waals surface area contributed by atoms with Gasteiger partial charge in [-0.25, -0.2) is 0 Å². The van der Waals surface area contributed by atoms with Crippen LogP contribution in [0, 0.1) is 6.92 Å². The van der Waals surface area contributed by atoms with E-state index in [1.807, 2.05) is 11.7 Å². The largest absolute Gasteiger partial charge is 0.275 e. The van der Waals surface area contributed by atoms with Crippen molar-refractivity contribution >= 4 is 10.9 Å². The number of hydrogen-bond donors (Lipinski definition) is 0. The van der Waals surface area contributed by atoms with Crippen LogP contribution < -0.4 is 0 Å². The van der Waals surface area contributed by atoms with Crippen molar-refractivity contribution < 1.29 is 0 Å². The first kappa shape index (κ1) is 8.30. The molecule has 2 rings (SSSR count). The fourth-order valence-corrected chi connectivity index (χ4v) is 1.69. The minimum absolute atomic E-state index is 1.08. The van der Waals surface area contributed by atoms with E-state index < -0.39 is 0 Å². The third-order valence-electron chi connectivity index (χ3n) is 2.41. The van der Waals surface area contributed by atoms with Crippen molar-refractivity contribution in [3.05, 3.63) is 29.5 Å². The lowest BCUT2D eigenvalue weighted by molar-refractivity contribution is 0.779. The summed E-state index contributed by atoms with van der Waals surface area (Å²) >= 11 is 0. The van der Waals surface area contributed by atoms with E-state index in [1.165, 1.54) is 16.5 Å². The van der Waals surface area contributed by atoms with E-state index in [4.69, 9.17) is 0 Å². The summed E-state index contributed by atoms with van der Waals surface area (Å²) in [5.41, 5.74) is 3.80. The summed E-state index contributed by atoms with van der Waals surface area (Å²) in [4.78, 5) is 0. The summed E-state index contributed by atoms with van der Waals surface area (Å²) in [6, 6.07) is 4.41. The van der Waals surface area contributed by atoms with Gasteiger partial charge in [0.05, 0.1) is 5.52 Å². The van der Waals surface area contributed by atoms with Crippen LogP contribution in [0.3, 0.4) is 0 Å². The highest BCUT2D eigenvalue weighted by Gasteiger charge is 2.02. The van der Waals surface area contributed by atoms with Gasteiger partial charge in [0.1, 0.15) is 0 Å². The van der Waals surface area contributed by atoms with Gasteiger partial charge < -0.3 is 0 Å². The summed E-state index contributed by atoms with van der Waals surface area (Å²) < 4.78 is 1.87. The van der Waals surface area contributed by atoms with Gasteiger partial charge in [-0.1, -0.05) is 13.0 Å². The van der Waals surface area contributed by atoms with Crippen LogP contribution in [-0.2, 0) is 13.5 Å². The van der Waals surface area contributed by atoms with Crippen LogP contribution in [0.1, 0.15) is 18.1 Å². The van der Waals surface area contributed by atoms with Gasteiger partial charge in [0.25, 0.3) is 0 Å². The third-order valence-corrected chi connectivity index (χ3v) is 2.41. The van der Waals surface area contributed by atoms with Crippen molar-refractivity contribution in [1.29, 1.82) is 0 Å². The molecule has 1 aromatic carbocycles. The molecule has 2 aromatic rings. The Balaban J connectivity index is 2.75. The zero-order valence-corrected chi connectivity index (χ0v) is 8.33. The normalized spacial score (nSPS) is 11.0.